The van der Waals surface area contributed by atoms with Crippen molar-refractivity contribution in [2.75, 3.05) is 0 Å². The number of rotatable bonds is 5. The predicted molar refractivity (Wildman–Crippen MR) is 106 cm³/mol. The van der Waals surface area contributed by atoms with Gasteiger partial charge in [-0.05, 0) is 74.6 Å². The highest BCUT2D eigenvalue weighted by atomic mass is 35.5. The Labute approximate surface area is 167 Å². The first-order valence-electron chi connectivity index (χ1n) is 9.61. The molecule has 3 aliphatic carbocycles. The van der Waals surface area contributed by atoms with Crippen LogP contribution in [0.15, 0.2) is 29.2 Å². The molecule has 0 saturated heterocycles. The molecule has 0 heterocycles. The Bertz CT molecular complexity index is 766. The molecule has 0 aliphatic heterocycles. The molecule has 4 N–H and O–H groups in total. The average Bonchev–Trinajstić information content (AvgIpc) is 3.39. The second kappa shape index (κ2) is 8.07. The maximum Gasteiger partial charge on any atom is 0.251 e. The molecule has 4 rings (SSSR count). The number of benzene rings is 1. The highest BCUT2D eigenvalue weighted by Gasteiger charge is 2.40. The standard InChI is InChI=1S/C19H27N3O3S.ClH/c20-15-10-13-2-1-3-14(11-15)18(13)21-19(23)12-4-8-17(9-5-12)26(24,25)22-16-6-7-16;/h4-5,8-9,13-16,18,22H,1-3,6-7,10-11,20H2,(H,21,23);1H. The smallest absolute Gasteiger partial charge is 0.251 e. The van der Waals surface area contributed by atoms with Gasteiger partial charge in [0.05, 0.1) is 4.90 Å². The molecule has 1 aromatic rings. The number of hydrogen-bond acceptors (Lipinski definition) is 4. The van der Waals surface area contributed by atoms with E-state index in [2.05, 4.69) is 10.0 Å². The minimum Gasteiger partial charge on any atom is -0.349 e. The minimum atomic E-state index is -3.48. The molecule has 6 nitrogen and oxygen atoms in total. The molecule has 150 valence electrons. The molecule has 3 aliphatic rings. The van der Waals surface area contributed by atoms with Gasteiger partial charge in [0.15, 0.2) is 0 Å². The number of sulfonamides is 1. The molecular formula is C19H28ClN3O3S. The summed E-state index contributed by atoms with van der Waals surface area (Å²) in [6, 6.07) is 6.73. The summed E-state index contributed by atoms with van der Waals surface area (Å²) in [5, 5.41) is 3.20. The topological polar surface area (TPSA) is 101 Å². The van der Waals surface area contributed by atoms with E-state index in [4.69, 9.17) is 5.73 Å². The summed E-state index contributed by atoms with van der Waals surface area (Å²) >= 11 is 0. The molecule has 0 spiro atoms. The number of nitrogens with two attached hydrogens (primary N) is 1. The lowest BCUT2D eigenvalue weighted by Gasteiger charge is -2.45. The van der Waals surface area contributed by atoms with Gasteiger partial charge in [-0.1, -0.05) is 6.42 Å². The van der Waals surface area contributed by atoms with E-state index in [1.54, 1.807) is 12.1 Å². The van der Waals surface area contributed by atoms with Crippen molar-refractivity contribution in [1.82, 2.24) is 10.0 Å². The second-order valence-electron chi connectivity index (χ2n) is 8.10. The Balaban J connectivity index is 0.00000210. The molecular weight excluding hydrogens is 386 g/mol. The van der Waals surface area contributed by atoms with Crippen LogP contribution in [0.25, 0.3) is 0 Å². The lowest BCUT2D eigenvalue weighted by atomic mass is 9.67. The summed E-state index contributed by atoms with van der Waals surface area (Å²) < 4.78 is 27.1. The molecule has 2 unspecified atom stereocenters. The van der Waals surface area contributed by atoms with Crippen LogP contribution >= 0.6 is 12.4 Å². The van der Waals surface area contributed by atoms with Crippen molar-refractivity contribution in [3.05, 3.63) is 29.8 Å². The zero-order chi connectivity index (χ0) is 18.3. The van der Waals surface area contributed by atoms with Crippen molar-refractivity contribution in [3.8, 4) is 0 Å². The van der Waals surface area contributed by atoms with Crippen molar-refractivity contribution in [1.29, 1.82) is 0 Å². The Morgan fingerprint density at radius 2 is 1.59 bits per heavy atom. The fourth-order valence-electron chi connectivity index (χ4n) is 4.53. The van der Waals surface area contributed by atoms with E-state index in [0.29, 0.717) is 17.4 Å². The van der Waals surface area contributed by atoms with Crippen LogP contribution < -0.4 is 15.8 Å². The van der Waals surface area contributed by atoms with Gasteiger partial charge in [-0.15, -0.1) is 12.4 Å². The van der Waals surface area contributed by atoms with E-state index in [1.165, 1.54) is 18.6 Å². The fraction of sp³-hybridized carbons (Fsp3) is 0.632. The lowest BCUT2D eigenvalue weighted by molar-refractivity contribution is 0.0756. The van der Waals surface area contributed by atoms with Crippen LogP contribution in [0, 0.1) is 11.8 Å². The highest BCUT2D eigenvalue weighted by molar-refractivity contribution is 7.89. The molecule has 2 atom stereocenters. The van der Waals surface area contributed by atoms with Gasteiger partial charge < -0.3 is 11.1 Å². The molecule has 1 amide bonds. The number of fused-ring (bicyclic) bond motifs is 2. The monoisotopic (exact) mass is 413 g/mol. The zero-order valence-electron chi connectivity index (χ0n) is 15.3. The van der Waals surface area contributed by atoms with Crippen LogP contribution in [0.4, 0.5) is 0 Å². The lowest BCUT2D eigenvalue weighted by Crippen LogP contribution is -2.53. The minimum absolute atomic E-state index is 0. The summed E-state index contributed by atoms with van der Waals surface area (Å²) in [6.07, 6.45) is 7.21. The SMILES string of the molecule is Cl.NC1CC2CCCC(C1)C2NC(=O)c1ccc(S(=O)(=O)NC2CC2)cc1. The number of amides is 1. The third-order valence-corrected chi connectivity index (χ3v) is 7.54. The molecule has 3 fully saturated rings. The Morgan fingerprint density at radius 1 is 1.00 bits per heavy atom. The summed E-state index contributed by atoms with van der Waals surface area (Å²) in [4.78, 5) is 12.9. The molecule has 1 aromatic carbocycles. The van der Waals surface area contributed by atoms with Crippen LogP contribution in [-0.4, -0.2) is 32.5 Å². The van der Waals surface area contributed by atoms with Crippen molar-refractivity contribution in [2.45, 2.75) is 68.0 Å². The first-order chi connectivity index (χ1) is 12.4. The van der Waals surface area contributed by atoms with Gasteiger partial charge in [-0.2, -0.15) is 0 Å². The summed E-state index contributed by atoms with van der Waals surface area (Å²) in [5.74, 6) is 0.800. The van der Waals surface area contributed by atoms with E-state index in [1.807, 2.05) is 0 Å². The summed E-state index contributed by atoms with van der Waals surface area (Å²) in [5.41, 5.74) is 6.65. The van der Waals surface area contributed by atoms with Crippen molar-refractivity contribution in [3.63, 3.8) is 0 Å². The van der Waals surface area contributed by atoms with E-state index in [-0.39, 0.29) is 41.3 Å². The normalized spacial score (nSPS) is 30.3. The van der Waals surface area contributed by atoms with Crippen LogP contribution in [0.1, 0.15) is 55.3 Å². The number of hydrogen-bond donors (Lipinski definition) is 3. The first kappa shape index (κ1) is 20.6. The van der Waals surface area contributed by atoms with E-state index < -0.39 is 10.0 Å². The maximum atomic E-state index is 12.7. The van der Waals surface area contributed by atoms with Gasteiger partial charge >= 0.3 is 0 Å². The first-order valence-corrected chi connectivity index (χ1v) is 11.1. The van der Waals surface area contributed by atoms with Crippen molar-refractivity contribution < 1.29 is 13.2 Å². The quantitative estimate of drug-likeness (QED) is 0.688. The number of nitrogens with one attached hydrogen (secondary N) is 2. The van der Waals surface area contributed by atoms with Crippen LogP contribution in [-0.2, 0) is 10.0 Å². The zero-order valence-corrected chi connectivity index (χ0v) is 16.9. The largest absolute Gasteiger partial charge is 0.349 e. The second-order valence-corrected chi connectivity index (χ2v) is 9.82. The van der Waals surface area contributed by atoms with Gasteiger partial charge in [-0.3, -0.25) is 4.79 Å². The van der Waals surface area contributed by atoms with E-state index in [9.17, 15) is 13.2 Å². The van der Waals surface area contributed by atoms with Gasteiger partial charge in [0.25, 0.3) is 5.91 Å². The fourth-order valence-corrected chi connectivity index (χ4v) is 5.84. The number of carbonyl (C=O) groups is 1. The van der Waals surface area contributed by atoms with Crippen LogP contribution in [0.3, 0.4) is 0 Å². The molecule has 8 heteroatoms. The third-order valence-electron chi connectivity index (χ3n) is 6.00. The highest BCUT2D eigenvalue weighted by Crippen LogP contribution is 2.39. The Morgan fingerprint density at radius 3 is 2.15 bits per heavy atom. The number of halogens is 1. The molecule has 0 radical (unpaired) electrons. The maximum absolute atomic E-state index is 12.7. The molecule has 2 bridgehead atoms. The van der Waals surface area contributed by atoms with Crippen molar-refractivity contribution >= 4 is 28.3 Å². The van der Waals surface area contributed by atoms with Gasteiger partial charge in [0.1, 0.15) is 0 Å². The third kappa shape index (κ3) is 4.65. The molecule has 3 saturated carbocycles. The molecule has 27 heavy (non-hydrogen) atoms. The van der Waals surface area contributed by atoms with Crippen LogP contribution in [0.5, 0.6) is 0 Å². The molecule has 0 aromatic heterocycles. The predicted octanol–water partition coefficient (Wildman–Crippen LogP) is 2.18. The van der Waals surface area contributed by atoms with Gasteiger partial charge in [-0.25, -0.2) is 13.1 Å². The summed E-state index contributed by atoms with van der Waals surface area (Å²) in [6.45, 7) is 0. The average molecular weight is 414 g/mol. The summed E-state index contributed by atoms with van der Waals surface area (Å²) in [7, 11) is -3.48. The Hall–Kier alpha value is -1.15. The van der Waals surface area contributed by atoms with Gasteiger partial charge in [0.2, 0.25) is 10.0 Å². The van der Waals surface area contributed by atoms with Crippen LogP contribution in [0.2, 0.25) is 0 Å². The van der Waals surface area contributed by atoms with Crippen molar-refractivity contribution in [2.24, 2.45) is 17.6 Å². The number of carbonyl (C=O) groups excluding carboxylic acids is 1. The Kier molecular flexibility index (Phi) is 6.15. The van der Waals surface area contributed by atoms with E-state index >= 15 is 0 Å². The van der Waals surface area contributed by atoms with Gasteiger partial charge in [0, 0.05) is 23.7 Å². The van der Waals surface area contributed by atoms with E-state index in [0.717, 1.165) is 38.5 Å².